The average Bonchev–Trinajstić information content (AvgIpc) is 3.67. The average molecular weight is 728 g/mol. The Labute approximate surface area is 334 Å². The van der Waals surface area contributed by atoms with Crippen molar-refractivity contribution in [2.45, 2.75) is 38.0 Å². The first-order chi connectivity index (χ1) is 28.0. The summed E-state index contributed by atoms with van der Waals surface area (Å²) in [5.74, 6) is 0. The number of anilines is 3. The molecule has 0 amide bonds. The molecule has 3 aliphatic rings. The van der Waals surface area contributed by atoms with Crippen LogP contribution in [0.5, 0.6) is 0 Å². The number of benzene rings is 9. The normalized spacial score (nSPS) is 16.3. The lowest BCUT2D eigenvalue weighted by atomic mass is 9.60. The maximum Gasteiger partial charge on any atom is 0.0729 e. The second kappa shape index (κ2) is 11.7. The molecule has 0 radical (unpaired) electrons. The van der Waals surface area contributed by atoms with Gasteiger partial charge in [0.25, 0.3) is 0 Å². The molecule has 9 aromatic carbocycles. The lowest BCUT2D eigenvalue weighted by molar-refractivity contribution is 0.660. The van der Waals surface area contributed by atoms with Crippen molar-refractivity contribution in [2.75, 3.05) is 4.90 Å². The largest absolute Gasteiger partial charge is 0.310 e. The SMILES string of the molecule is CCc1ccc2cccc3c2c1C1(c2ccccc2-c2ccc(N(c4ccc5c(c4)C(C)(C)c4ccccc4-5)c4ccc5ccccc5c4)cc21)c1ccccc1-3. The van der Waals surface area contributed by atoms with Gasteiger partial charge in [-0.3, -0.25) is 0 Å². The van der Waals surface area contributed by atoms with Crippen molar-refractivity contribution < 1.29 is 0 Å². The summed E-state index contributed by atoms with van der Waals surface area (Å²) in [4.78, 5) is 2.51. The van der Waals surface area contributed by atoms with Crippen LogP contribution >= 0.6 is 0 Å². The molecule has 0 aromatic heterocycles. The summed E-state index contributed by atoms with van der Waals surface area (Å²) in [6.45, 7) is 7.08. The molecular weight excluding hydrogens is 687 g/mol. The van der Waals surface area contributed by atoms with E-state index in [1.54, 1.807) is 0 Å². The third-order valence-corrected chi connectivity index (χ3v) is 13.6. The van der Waals surface area contributed by atoms with E-state index in [2.05, 4.69) is 208 Å². The first-order valence-corrected chi connectivity index (χ1v) is 20.4. The Bertz CT molecular complexity index is 3160. The predicted molar refractivity (Wildman–Crippen MR) is 239 cm³/mol. The molecule has 270 valence electrons. The van der Waals surface area contributed by atoms with Gasteiger partial charge in [0, 0.05) is 22.5 Å². The van der Waals surface area contributed by atoms with Crippen molar-refractivity contribution in [1.29, 1.82) is 0 Å². The molecule has 12 rings (SSSR count). The van der Waals surface area contributed by atoms with E-state index in [-0.39, 0.29) is 5.41 Å². The van der Waals surface area contributed by atoms with Crippen LogP contribution in [0.3, 0.4) is 0 Å². The summed E-state index contributed by atoms with van der Waals surface area (Å²) in [6.07, 6.45) is 0.956. The van der Waals surface area contributed by atoms with Crippen LogP contribution in [0.2, 0.25) is 0 Å². The van der Waals surface area contributed by atoms with Crippen LogP contribution in [0.1, 0.15) is 59.7 Å². The van der Waals surface area contributed by atoms with Crippen LogP contribution < -0.4 is 4.90 Å². The van der Waals surface area contributed by atoms with Gasteiger partial charge in [0.15, 0.2) is 0 Å². The lowest BCUT2D eigenvalue weighted by Gasteiger charge is -2.41. The maximum atomic E-state index is 2.54. The molecule has 0 heterocycles. The molecule has 0 N–H and O–H groups in total. The Morgan fingerprint density at radius 2 is 0.877 bits per heavy atom. The van der Waals surface area contributed by atoms with Crippen LogP contribution in [-0.2, 0) is 17.3 Å². The summed E-state index contributed by atoms with van der Waals surface area (Å²) in [5.41, 5.74) is 20.5. The van der Waals surface area contributed by atoms with Crippen molar-refractivity contribution in [3.63, 3.8) is 0 Å². The standard InChI is InChI=1S/C56H41N/c1-4-35-24-25-37-16-13-20-47-44-19-9-12-23-50(44)56(54(35)53(37)47)49-22-11-8-18-43(49)46-31-29-41(34-52(46)56)57(39-27-26-36-14-5-6-15-38(36)32-39)40-28-30-45-42-17-7-10-21-48(42)55(2,3)51(45)33-40/h5-34H,4H2,1-3H3. The van der Waals surface area contributed by atoms with Crippen molar-refractivity contribution >= 4 is 38.6 Å². The van der Waals surface area contributed by atoms with Gasteiger partial charge in [0.2, 0.25) is 0 Å². The number of fused-ring (bicyclic) bond motifs is 13. The monoisotopic (exact) mass is 727 g/mol. The molecule has 57 heavy (non-hydrogen) atoms. The van der Waals surface area contributed by atoms with Crippen LogP contribution in [0.15, 0.2) is 182 Å². The van der Waals surface area contributed by atoms with E-state index in [0.717, 1.165) is 17.8 Å². The van der Waals surface area contributed by atoms with Crippen LogP contribution in [0.25, 0.3) is 54.9 Å². The molecule has 1 unspecified atom stereocenters. The van der Waals surface area contributed by atoms with Crippen molar-refractivity contribution in [2.24, 2.45) is 0 Å². The van der Waals surface area contributed by atoms with E-state index in [9.17, 15) is 0 Å². The summed E-state index contributed by atoms with van der Waals surface area (Å²) in [5, 5.41) is 5.16. The highest BCUT2D eigenvalue weighted by Gasteiger charge is 2.51. The fourth-order valence-corrected chi connectivity index (χ4v) is 11.1. The van der Waals surface area contributed by atoms with E-state index in [1.165, 1.54) is 99.6 Å². The topological polar surface area (TPSA) is 3.24 Å². The van der Waals surface area contributed by atoms with Gasteiger partial charge in [-0.2, -0.15) is 0 Å². The summed E-state index contributed by atoms with van der Waals surface area (Å²) < 4.78 is 0. The Hall–Kier alpha value is -6.70. The van der Waals surface area contributed by atoms with Gasteiger partial charge in [0.05, 0.1) is 5.41 Å². The lowest BCUT2D eigenvalue weighted by Crippen LogP contribution is -2.33. The highest BCUT2D eigenvalue weighted by Crippen LogP contribution is 2.63. The Morgan fingerprint density at radius 1 is 0.386 bits per heavy atom. The zero-order valence-electron chi connectivity index (χ0n) is 32.5. The third kappa shape index (κ3) is 4.24. The van der Waals surface area contributed by atoms with Crippen LogP contribution in [0.4, 0.5) is 17.1 Å². The number of aryl methyl sites for hydroxylation is 1. The summed E-state index contributed by atoms with van der Waals surface area (Å²) in [6, 6.07) is 69.1. The first kappa shape index (κ1) is 32.5. The van der Waals surface area contributed by atoms with E-state index in [0.29, 0.717) is 0 Å². The van der Waals surface area contributed by atoms with E-state index < -0.39 is 5.41 Å². The fourth-order valence-electron chi connectivity index (χ4n) is 11.1. The van der Waals surface area contributed by atoms with Crippen molar-refractivity contribution in [1.82, 2.24) is 0 Å². The second-order valence-corrected chi connectivity index (χ2v) is 16.7. The molecule has 0 aliphatic heterocycles. The molecule has 3 aliphatic carbocycles. The minimum absolute atomic E-state index is 0.116. The Balaban J connectivity index is 1.17. The molecular formula is C56H41N. The molecule has 9 aromatic rings. The Kier molecular flexibility index (Phi) is 6.66. The summed E-state index contributed by atoms with van der Waals surface area (Å²) in [7, 11) is 0. The Morgan fingerprint density at radius 3 is 1.60 bits per heavy atom. The summed E-state index contributed by atoms with van der Waals surface area (Å²) >= 11 is 0. The minimum atomic E-state index is -0.492. The number of hydrogen-bond acceptors (Lipinski definition) is 1. The van der Waals surface area contributed by atoms with Gasteiger partial charge in [-0.1, -0.05) is 166 Å². The first-order valence-electron chi connectivity index (χ1n) is 20.4. The van der Waals surface area contributed by atoms with Crippen molar-refractivity contribution in [3.8, 4) is 33.4 Å². The number of hydrogen-bond donors (Lipinski definition) is 0. The minimum Gasteiger partial charge on any atom is -0.310 e. The molecule has 0 saturated carbocycles. The smallest absolute Gasteiger partial charge is 0.0729 e. The molecule has 1 heteroatoms. The molecule has 0 fully saturated rings. The van der Waals surface area contributed by atoms with Gasteiger partial charge >= 0.3 is 0 Å². The predicted octanol–water partition coefficient (Wildman–Crippen LogP) is 14.7. The van der Waals surface area contributed by atoms with Gasteiger partial charge < -0.3 is 4.90 Å². The van der Waals surface area contributed by atoms with E-state index >= 15 is 0 Å². The van der Waals surface area contributed by atoms with Gasteiger partial charge in [-0.05, 0) is 137 Å². The zero-order valence-corrected chi connectivity index (χ0v) is 32.5. The molecule has 1 atom stereocenters. The third-order valence-electron chi connectivity index (χ3n) is 13.6. The van der Waals surface area contributed by atoms with Gasteiger partial charge in [-0.25, -0.2) is 0 Å². The highest BCUT2D eigenvalue weighted by atomic mass is 15.1. The number of rotatable bonds is 4. The second-order valence-electron chi connectivity index (χ2n) is 16.7. The van der Waals surface area contributed by atoms with Gasteiger partial charge in [0.1, 0.15) is 0 Å². The molecule has 0 bridgehead atoms. The molecule has 1 nitrogen and oxygen atoms in total. The fraction of sp³-hybridized carbons (Fsp3) is 0.107. The van der Waals surface area contributed by atoms with E-state index in [1.807, 2.05) is 0 Å². The molecule has 1 spiro atoms. The molecule has 0 saturated heterocycles. The number of nitrogens with zero attached hydrogens (tertiary/aromatic N) is 1. The quantitative estimate of drug-likeness (QED) is 0.174. The zero-order chi connectivity index (χ0) is 38.0. The van der Waals surface area contributed by atoms with Crippen molar-refractivity contribution in [3.05, 3.63) is 221 Å². The van der Waals surface area contributed by atoms with E-state index in [4.69, 9.17) is 0 Å². The van der Waals surface area contributed by atoms with Gasteiger partial charge in [-0.15, -0.1) is 0 Å². The highest BCUT2D eigenvalue weighted by molar-refractivity contribution is 6.08. The van der Waals surface area contributed by atoms with Crippen LogP contribution in [0, 0.1) is 0 Å². The maximum absolute atomic E-state index is 2.54. The van der Waals surface area contributed by atoms with Crippen LogP contribution in [-0.4, -0.2) is 0 Å².